The molecule has 0 unspecified atom stereocenters. The molecule has 0 saturated carbocycles. The van der Waals surface area contributed by atoms with Crippen LogP contribution in [0, 0.1) is 12.7 Å². The molecule has 0 aliphatic rings. The molecule has 2 heterocycles. The molecule has 2 aromatic heterocycles. The van der Waals surface area contributed by atoms with E-state index in [1.165, 1.54) is 17.7 Å². The van der Waals surface area contributed by atoms with Crippen LogP contribution >= 0.6 is 0 Å². The van der Waals surface area contributed by atoms with Crippen LogP contribution in [0.1, 0.15) is 16.8 Å². The van der Waals surface area contributed by atoms with Gasteiger partial charge in [-0.25, -0.2) is 19.3 Å². The predicted molar refractivity (Wildman–Crippen MR) is 104 cm³/mol. The largest absolute Gasteiger partial charge is 0.368 e. The van der Waals surface area contributed by atoms with Gasteiger partial charge in [0.15, 0.2) is 5.65 Å². The van der Waals surface area contributed by atoms with Gasteiger partial charge in [0, 0.05) is 12.0 Å². The molecule has 4 aromatic rings. The zero-order chi connectivity index (χ0) is 18.1. The van der Waals surface area contributed by atoms with Gasteiger partial charge < -0.3 is 11.9 Å². The summed E-state index contributed by atoms with van der Waals surface area (Å²) in [5.41, 5.74) is 11.3. The van der Waals surface area contributed by atoms with Gasteiger partial charge in [0.1, 0.15) is 11.3 Å². The van der Waals surface area contributed by atoms with Gasteiger partial charge in [-0.3, -0.25) is 0 Å². The van der Waals surface area contributed by atoms with Gasteiger partial charge in [-0.1, -0.05) is 29.8 Å². The quantitative estimate of drug-likeness (QED) is 0.572. The van der Waals surface area contributed by atoms with Gasteiger partial charge in [0.2, 0.25) is 5.95 Å². The molecule has 2 aromatic carbocycles. The van der Waals surface area contributed by atoms with Crippen molar-refractivity contribution in [2.45, 2.75) is 13.3 Å². The zero-order valence-electron chi connectivity index (χ0n) is 14.9. The summed E-state index contributed by atoms with van der Waals surface area (Å²) in [5.74, 6) is -0.122. The summed E-state index contributed by atoms with van der Waals surface area (Å²) in [6, 6.07) is 14.3. The number of anilines is 1. The number of rotatable bonds is 3. The van der Waals surface area contributed by atoms with E-state index in [1.807, 2.05) is 25.1 Å². The van der Waals surface area contributed by atoms with Crippen LogP contribution in [-0.4, -0.2) is 19.9 Å². The standard InChI is InChI=1S/C20H16FN5.H3N/c1-12-3-2-4-13(9-12)10-16-18-19(26-20(22)25-16)23-11-17(24-18)14-5-7-15(21)8-6-14;/h2-9,11H,10H2,1H3,(H2,22,23,25,26);1H3. The van der Waals surface area contributed by atoms with Crippen LogP contribution < -0.4 is 11.9 Å². The molecule has 0 bridgehead atoms. The average Bonchev–Trinajstić information content (AvgIpc) is 2.62. The fourth-order valence-corrected chi connectivity index (χ4v) is 2.88. The Kier molecular flexibility index (Phi) is 5.05. The Bertz CT molecular complexity index is 1100. The van der Waals surface area contributed by atoms with E-state index in [9.17, 15) is 4.39 Å². The SMILES string of the molecule is Cc1cccc(Cc2nc(N)nc3ncc(-c4ccc(F)cc4)nc23)c1.N. The number of nitrogens with zero attached hydrogens (tertiary/aromatic N) is 4. The number of nitrogens with two attached hydrogens (primary N) is 1. The summed E-state index contributed by atoms with van der Waals surface area (Å²) in [6.45, 7) is 2.04. The van der Waals surface area contributed by atoms with Crippen LogP contribution in [0.2, 0.25) is 0 Å². The van der Waals surface area contributed by atoms with Crippen LogP contribution in [0.25, 0.3) is 22.4 Å². The molecule has 0 saturated heterocycles. The Labute approximate surface area is 155 Å². The Hall–Kier alpha value is -3.45. The van der Waals surface area contributed by atoms with Crippen molar-refractivity contribution in [2.75, 3.05) is 5.73 Å². The first-order valence-corrected chi connectivity index (χ1v) is 8.19. The Balaban J connectivity index is 0.00000210. The molecule has 4 rings (SSSR count). The maximum atomic E-state index is 13.2. The number of hydrogen-bond acceptors (Lipinski definition) is 6. The van der Waals surface area contributed by atoms with E-state index in [0.717, 1.165) is 16.8 Å². The summed E-state index contributed by atoms with van der Waals surface area (Å²) in [7, 11) is 0. The second-order valence-corrected chi connectivity index (χ2v) is 6.13. The lowest BCUT2D eigenvalue weighted by Crippen LogP contribution is -2.05. The molecule has 0 amide bonds. The third-order valence-corrected chi connectivity index (χ3v) is 4.09. The molecular weight excluding hydrogens is 343 g/mol. The summed E-state index contributed by atoms with van der Waals surface area (Å²) in [6.07, 6.45) is 2.19. The predicted octanol–water partition coefficient (Wildman–Crippen LogP) is 3.87. The molecule has 27 heavy (non-hydrogen) atoms. The Morgan fingerprint density at radius 2 is 1.78 bits per heavy atom. The normalized spacial score (nSPS) is 10.6. The molecule has 0 atom stereocenters. The molecule has 5 N–H and O–H groups in total. The smallest absolute Gasteiger partial charge is 0.222 e. The topological polar surface area (TPSA) is 113 Å². The van der Waals surface area contributed by atoms with Crippen molar-refractivity contribution in [3.63, 3.8) is 0 Å². The highest BCUT2D eigenvalue weighted by Crippen LogP contribution is 2.22. The summed E-state index contributed by atoms with van der Waals surface area (Å²) in [4.78, 5) is 17.6. The molecule has 7 heteroatoms. The van der Waals surface area contributed by atoms with Crippen LogP contribution in [0.15, 0.2) is 54.7 Å². The van der Waals surface area contributed by atoms with Crippen molar-refractivity contribution in [1.29, 1.82) is 0 Å². The minimum Gasteiger partial charge on any atom is -0.368 e. The summed E-state index contributed by atoms with van der Waals surface area (Å²) in [5, 5.41) is 0. The summed E-state index contributed by atoms with van der Waals surface area (Å²) >= 11 is 0. The lowest BCUT2D eigenvalue weighted by molar-refractivity contribution is 0.628. The van der Waals surface area contributed by atoms with Gasteiger partial charge in [-0.05, 0) is 36.8 Å². The molecule has 0 aliphatic heterocycles. The van der Waals surface area contributed by atoms with E-state index >= 15 is 0 Å². The van der Waals surface area contributed by atoms with Crippen LogP contribution in [0.3, 0.4) is 0 Å². The van der Waals surface area contributed by atoms with E-state index in [0.29, 0.717) is 23.3 Å². The van der Waals surface area contributed by atoms with E-state index in [-0.39, 0.29) is 17.9 Å². The second-order valence-electron chi connectivity index (χ2n) is 6.13. The zero-order valence-corrected chi connectivity index (χ0v) is 14.9. The Morgan fingerprint density at radius 1 is 1.00 bits per heavy atom. The third-order valence-electron chi connectivity index (χ3n) is 4.09. The molecule has 0 aliphatic carbocycles. The average molecular weight is 362 g/mol. The molecular formula is C20H19FN6. The number of aromatic nitrogens is 4. The fraction of sp³-hybridized carbons (Fsp3) is 0.100. The molecule has 0 fully saturated rings. The van der Waals surface area contributed by atoms with Crippen molar-refractivity contribution in [3.05, 3.63) is 77.4 Å². The maximum absolute atomic E-state index is 13.2. The first-order chi connectivity index (χ1) is 12.6. The van der Waals surface area contributed by atoms with Crippen LogP contribution in [-0.2, 0) is 6.42 Å². The minimum absolute atomic E-state index is 0. The monoisotopic (exact) mass is 362 g/mol. The molecule has 6 nitrogen and oxygen atoms in total. The number of hydrogen-bond donors (Lipinski definition) is 2. The van der Waals surface area contributed by atoms with E-state index in [4.69, 9.17) is 5.73 Å². The number of aryl methyl sites for hydroxylation is 1. The highest BCUT2D eigenvalue weighted by molar-refractivity contribution is 5.77. The van der Waals surface area contributed by atoms with Gasteiger partial charge >= 0.3 is 0 Å². The van der Waals surface area contributed by atoms with Crippen molar-refractivity contribution < 1.29 is 4.39 Å². The number of nitrogen functional groups attached to an aromatic ring is 1. The number of fused-ring (bicyclic) bond motifs is 1. The van der Waals surface area contributed by atoms with Gasteiger partial charge in [0.25, 0.3) is 0 Å². The lowest BCUT2D eigenvalue weighted by atomic mass is 10.1. The number of benzene rings is 2. The highest BCUT2D eigenvalue weighted by atomic mass is 19.1. The highest BCUT2D eigenvalue weighted by Gasteiger charge is 2.12. The van der Waals surface area contributed by atoms with Crippen molar-refractivity contribution in [1.82, 2.24) is 26.1 Å². The van der Waals surface area contributed by atoms with Gasteiger partial charge in [0.05, 0.1) is 17.6 Å². The van der Waals surface area contributed by atoms with E-state index < -0.39 is 0 Å². The van der Waals surface area contributed by atoms with Crippen LogP contribution in [0.4, 0.5) is 10.3 Å². The molecule has 0 radical (unpaired) electrons. The first-order valence-electron chi connectivity index (χ1n) is 8.19. The Morgan fingerprint density at radius 3 is 2.52 bits per heavy atom. The summed E-state index contributed by atoms with van der Waals surface area (Å²) < 4.78 is 13.2. The van der Waals surface area contributed by atoms with Crippen molar-refractivity contribution in [2.24, 2.45) is 0 Å². The maximum Gasteiger partial charge on any atom is 0.222 e. The minimum atomic E-state index is -0.293. The second kappa shape index (κ2) is 7.43. The van der Waals surface area contributed by atoms with Gasteiger partial charge in [-0.2, -0.15) is 4.98 Å². The molecule has 0 spiro atoms. The van der Waals surface area contributed by atoms with Crippen LogP contribution in [0.5, 0.6) is 0 Å². The van der Waals surface area contributed by atoms with Crippen molar-refractivity contribution >= 4 is 17.1 Å². The van der Waals surface area contributed by atoms with E-state index in [1.54, 1.807) is 18.3 Å². The molecule has 136 valence electrons. The van der Waals surface area contributed by atoms with Gasteiger partial charge in [-0.15, -0.1) is 0 Å². The fourth-order valence-electron chi connectivity index (χ4n) is 2.88. The lowest BCUT2D eigenvalue weighted by Gasteiger charge is -2.08. The van der Waals surface area contributed by atoms with E-state index in [2.05, 4.69) is 26.0 Å². The third kappa shape index (κ3) is 3.88. The first kappa shape index (κ1) is 18.3. The number of halogens is 1. The van der Waals surface area contributed by atoms with Crippen molar-refractivity contribution in [3.8, 4) is 11.3 Å².